The number of aromatic nitrogens is 1. The zero-order valence-electron chi connectivity index (χ0n) is 10.3. The molecule has 2 rings (SSSR count). The molecule has 0 amide bonds. The molecule has 88 valence electrons. The average Bonchev–Trinajstić information content (AvgIpc) is 2.29. The van der Waals surface area contributed by atoms with Crippen LogP contribution in [0.4, 0.5) is 5.82 Å². The van der Waals surface area contributed by atoms with Gasteiger partial charge in [0.1, 0.15) is 5.82 Å². The van der Waals surface area contributed by atoms with E-state index < -0.39 is 0 Å². The largest absolute Gasteiger partial charge is 0.385 e. The second-order valence-corrected chi connectivity index (χ2v) is 4.37. The minimum atomic E-state index is -0.0850. The Kier molecular flexibility index (Phi) is 2.76. The van der Waals surface area contributed by atoms with E-state index >= 15 is 0 Å². The Labute approximate surface area is 101 Å². The summed E-state index contributed by atoms with van der Waals surface area (Å²) in [5.74, 6) is 0.478. The molecule has 0 saturated carbocycles. The molecule has 1 aromatic heterocycles. The Hall–Kier alpha value is -2.03. The molecule has 0 aliphatic heterocycles. The van der Waals surface area contributed by atoms with Crippen molar-refractivity contribution in [3.63, 3.8) is 0 Å². The Morgan fingerprint density at radius 1 is 1.00 bits per heavy atom. The van der Waals surface area contributed by atoms with Crippen LogP contribution in [0.2, 0.25) is 0 Å². The fourth-order valence-corrected chi connectivity index (χ4v) is 1.74. The topological polar surface area (TPSA) is 48.0 Å². The van der Waals surface area contributed by atoms with Gasteiger partial charge < -0.3 is 5.73 Å². The summed E-state index contributed by atoms with van der Waals surface area (Å²) >= 11 is 0. The van der Waals surface area contributed by atoms with Crippen molar-refractivity contribution in [2.24, 2.45) is 7.05 Å². The van der Waals surface area contributed by atoms with Crippen LogP contribution in [0.3, 0.4) is 0 Å². The number of hydrogen-bond donors (Lipinski definition) is 1. The number of aryl methyl sites for hydroxylation is 2. The minimum absolute atomic E-state index is 0.0850. The molecule has 0 saturated heterocycles. The number of benzene rings is 1. The normalized spacial score (nSPS) is 10.5. The fraction of sp³-hybridized carbons (Fsp3) is 0.214. The smallest absolute Gasteiger partial charge is 0.252 e. The van der Waals surface area contributed by atoms with Crippen molar-refractivity contribution in [2.45, 2.75) is 13.8 Å². The number of nitrogens with two attached hydrogens (primary N) is 1. The van der Waals surface area contributed by atoms with Crippen LogP contribution in [0.15, 0.2) is 35.1 Å². The zero-order valence-corrected chi connectivity index (χ0v) is 10.3. The first-order valence-electron chi connectivity index (χ1n) is 5.53. The van der Waals surface area contributed by atoms with Gasteiger partial charge in [-0.15, -0.1) is 0 Å². The first-order valence-corrected chi connectivity index (χ1v) is 5.53. The summed E-state index contributed by atoms with van der Waals surface area (Å²) in [6.07, 6.45) is 0. The Bertz CT molecular complexity index is 627. The van der Waals surface area contributed by atoms with Crippen molar-refractivity contribution in [1.82, 2.24) is 4.57 Å². The lowest BCUT2D eigenvalue weighted by atomic mass is 10.0. The SMILES string of the molecule is Cc1ccc(-c2cc(N)n(C)c(=O)c2)cc1C. The van der Waals surface area contributed by atoms with E-state index in [1.807, 2.05) is 12.1 Å². The van der Waals surface area contributed by atoms with Gasteiger partial charge in [-0.3, -0.25) is 9.36 Å². The second kappa shape index (κ2) is 4.09. The molecule has 0 aliphatic carbocycles. The maximum absolute atomic E-state index is 11.7. The maximum atomic E-state index is 11.7. The van der Waals surface area contributed by atoms with E-state index in [2.05, 4.69) is 26.0 Å². The number of nitrogens with zero attached hydrogens (tertiary/aromatic N) is 1. The molecular formula is C14H16N2O. The molecule has 0 fully saturated rings. The Morgan fingerprint density at radius 2 is 1.71 bits per heavy atom. The first kappa shape index (κ1) is 11.5. The average molecular weight is 228 g/mol. The molecule has 0 spiro atoms. The van der Waals surface area contributed by atoms with Gasteiger partial charge in [-0.1, -0.05) is 18.2 Å². The van der Waals surface area contributed by atoms with Gasteiger partial charge in [0, 0.05) is 13.1 Å². The van der Waals surface area contributed by atoms with Crippen LogP contribution in [-0.2, 0) is 7.05 Å². The van der Waals surface area contributed by atoms with Gasteiger partial charge in [0.05, 0.1) is 0 Å². The van der Waals surface area contributed by atoms with Gasteiger partial charge in [-0.05, 0) is 42.2 Å². The summed E-state index contributed by atoms with van der Waals surface area (Å²) in [6, 6.07) is 9.57. The molecule has 3 heteroatoms. The zero-order chi connectivity index (χ0) is 12.6. The third-order valence-electron chi connectivity index (χ3n) is 3.14. The highest BCUT2D eigenvalue weighted by molar-refractivity contribution is 5.67. The number of nitrogen functional groups attached to an aromatic ring is 1. The van der Waals surface area contributed by atoms with Crippen LogP contribution in [0.5, 0.6) is 0 Å². The van der Waals surface area contributed by atoms with Gasteiger partial charge >= 0.3 is 0 Å². The third-order valence-corrected chi connectivity index (χ3v) is 3.14. The van der Waals surface area contributed by atoms with Crippen molar-refractivity contribution < 1.29 is 0 Å². The first-order chi connectivity index (χ1) is 7.99. The molecule has 17 heavy (non-hydrogen) atoms. The molecule has 1 heterocycles. The lowest BCUT2D eigenvalue weighted by Crippen LogP contribution is -2.18. The van der Waals surface area contributed by atoms with E-state index in [0.717, 1.165) is 11.1 Å². The fourth-order valence-electron chi connectivity index (χ4n) is 1.74. The van der Waals surface area contributed by atoms with E-state index in [-0.39, 0.29) is 5.56 Å². The van der Waals surface area contributed by atoms with Crippen LogP contribution in [-0.4, -0.2) is 4.57 Å². The Morgan fingerprint density at radius 3 is 2.29 bits per heavy atom. The summed E-state index contributed by atoms with van der Waals surface area (Å²) in [7, 11) is 1.67. The van der Waals surface area contributed by atoms with E-state index in [0.29, 0.717) is 5.82 Å². The lowest BCUT2D eigenvalue weighted by Gasteiger charge is -2.08. The van der Waals surface area contributed by atoms with Crippen LogP contribution in [0.25, 0.3) is 11.1 Å². The predicted molar refractivity (Wildman–Crippen MR) is 71.0 cm³/mol. The van der Waals surface area contributed by atoms with Crippen LogP contribution < -0.4 is 11.3 Å². The Balaban J connectivity index is 2.61. The highest BCUT2D eigenvalue weighted by Gasteiger charge is 2.04. The number of anilines is 1. The molecule has 0 atom stereocenters. The van der Waals surface area contributed by atoms with E-state index in [9.17, 15) is 4.79 Å². The third kappa shape index (κ3) is 2.09. The summed E-state index contributed by atoms with van der Waals surface area (Å²) in [4.78, 5) is 11.7. The predicted octanol–water partition coefficient (Wildman–Crippen LogP) is 2.25. The van der Waals surface area contributed by atoms with E-state index in [1.54, 1.807) is 13.1 Å². The quantitative estimate of drug-likeness (QED) is 0.813. The van der Waals surface area contributed by atoms with Crippen molar-refractivity contribution in [3.8, 4) is 11.1 Å². The van der Waals surface area contributed by atoms with Crippen molar-refractivity contribution in [2.75, 3.05) is 5.73 Å². The lowest BCUT2D eigenvalue weighted by molar-refractivity contribution is 0.876. The van der Waals surface area contributed by atoms with Gasteiger partial charge in [0.2, 0.25) is 0 Å². The molecule has 1 aromatic carbocycles. The minimum Gasteiger partial charge on any atom is -0.385 e. The molecule has 2 aromatic rings. The summed E-state index contributed by atoms with van der Waals surface area (Å²) < 4.78 is 1.44. The monoisotopic (exact) mass is 228 g/mol. The maximum Gasteiger partial charge on any atom is 0.252 e. The molecule has 0 radical (unpaired) electrons. The number of rotatable bonds is 1. The van der Waals surface area contributed by atoms with Crippen LogP contribution in [0.1, 0.15) is 11.1 Å². The molecule has 0 unspecified atom stereocenters. The number of hydrogen-bond acceptors (Lipinski definition) is 2. The number of pyridine rings is 1. The molecular weight excluding hydrogens is 212 g/mol. The molecule has 0 aliphatic rings. The standard InChI is InChI=1S/C14H16N2O/c1-9-4-5-11(6-10(9)2)12-7-13(15)16(3)14(17)8-12/h4-8H,15H2,1-3H3. The molecule has 0 bridgehead atoms. The molecule has 3 nitrogen and oxygen atoms in total. The van der Waals surface area contributed by atoms with Gasteiger partial charge in [0.15, 0.2) is 0 Å². The summed E-state index contributed by atoms with van der Waals surface area (Å²) in [5, 5.41) is 0. The van der Waals surface area contributed by atoms with E-state index in [4.69, 9.17) is 5.73 Å². The van der Waals surface area contributed by atoms with E-state index in [1.165, 1.54) is 15.7 Å². The van der Waals surface area contributed by atoms with Crippen LogP contribution >= 0.6 is 0 Å². The van der Waals surface area contributed by atoms with Crippen molar-refractivity contribution in [3.05, 3.63) is 51.8 Å². The highest BCUT2D eigenvalue weighted by atomic mass is 16.1. The van der Waals surface area contributed by atoms with Gasteiger partial charge in [0.25, 0.3) is 5.56 Å². The summed E-state index contributed by atoms with van der Waals surface area (Å²) in [5.41, 5.74) is 10.1. The van der Waals surface area contributed by atoms with Crippen LogP contribution in [0, 0.1) is 13.8 Å². The van der Waals surface area contributed by atoms with Crippen molar-refractivity contribution in [1.29, 1.82) is 0 Å². The van der Waals surface area contributed by atoms with Gasteiger partial charge in [-0.25, -0.2) is 0 Å². The second-order valence-electron chi connectivity index (χ2n) is 4.37. The summed E-state index contributed by atoms with van der Waals surface area (Å²) in [6.45, 7) is 4.13. The van der Waals surface area contributed by atoms with Gasteiger partial charge in [-0.2, -0.15) is 0 Å². The molecule has 2 N–H and O–H groups in total. The van der Waals surface area contributed by atoms with Crippen molar-refractivity contribution >= 4 is 5.82 Å². The highest BCUT2D eigenvalue weighted by Crippen LogP contribution is 2.22.